The van der Waals surface area contributed by atoms with Gasteiger partial charge in [-0.1, -0.05) is 18.0 Å². The molecule has 0 bridgehead atoms. The molecule has 0 amide bonds. The third-order valence-electron chi connectivity index (χ3n) is 4.66. The maximum atomic E-state index is 9.60. The second-order valence-electron chi connectivity index (χ2n) is 5.75. The Morgan fingerprint density at radius 1 is 1.33 bits per heavy atom. The van der Waals surface area contributed by atoms with Crippen molar-refractivity contribution in [2.45, 2.75) is 37.5 Å². The summed E-state index contributed by atoms with van der Waals surface area (Å²) in [6.07, 6.45) is 5.80. The van der Waals surface area contributed by atoms with Crippen molar-refractivity contribution in [2.24, 2.45) is 5.41 Å². The Morgan fingerprint density at radius 3 is 2.56 bits per heavy atom. The van der Waals surface area contributed by atoms with E-state index in [1.807, 2.05) is 18.2 Å². The molecule has 0 radical (unpaired) electrons. The van der Waals surface area contributed by atoms with Crippen LogP contribution in [0, 0.1) is 16.7 Å². The monoisotopic (exact) mass is 261 g/mol. The first kappa shape index (κ1) is 11.9. The smallest absolute Gasteiger partial charge is 0.123 e. The molecule has 94 valence electrons. The third kappa shape index (κ3) is 1.54. The molecule has 0 atom stereocenters. The highest BCUT2D eigenvalue weighted by atomic mass is 35.5. The summed E-state index contributed by atoms with van der Waals surface area (Å²) < 4.78 is 5.39. The van der Waals surface area contributed by atoms with E-state index in [-0.39, 0.29) is 5.41 Å². The lowest BCUT2D eigenvalue weighted by atomic mass is 9.44. The second kappa shape index (κ2) is 3.90. The molecule has 0 N–H and O–H groups in total. The molecule has 1 aromatic carbocycles. The molecular formula is C15H16ClNO. The SMILES string of the molecule is COc1ccc(Cl)cc1C1(C#N)CC2(CCC2)C1. The van der Waals surface area contributed by atoms with Gasteiger partial charge in [0, 0.05) is 10.6 Å². The average molecular weight is 262 g/mol. The predicted molar refractivity (Wildman–Crippen MR) is 70.8 cm³/mol. The molecule has 2 saturated carbocycles. The fraction of sp³-hybridized carbons (Fsp3) is 0.533. The van der Waals surface area contributed by atoms with Gasteiger partial charge in [-0.3, -0.25) is 0 Å². The van der Waals surface area contributed by atoms with E-state index in [1.165, 1.54) is 19.3 Å². The van der Waals surface area contributed by atoms with E-state index in [0.717, 1.165) is 24.2 Å². The van der Waals surface area contributed by atoms with Crippen molar-refractivity contribution in [3.05, 3.63) is 28.8 Å². The van der Waals surface area contributed by atoms with Crippen molar-refractivity contribution >= 4 is 11.6 Å². The average Bonchev–Trinajstić information content (AvgIpc) is 2.27. The highest BCUT2D eigenvalue weighted by Crippen LogP contribution is 2.65. The number of methoxy groups -OCH3 is 1. The molecule has 0 aromatic heterocycles. The molecule has 2 nitrogen and oxygen atoms in total. The van der Waals surface area contributed by atoms with E-state index < -0.39 is 0 Å². The number of hydrogen-bond acceptors (Lipinski definition) is 2. The van der Waals surface area contributed by atoms with Crippen LogP contribution >= 0.6 is 11.6 Å². The van der Waals surface area contributed by atoms with Crippen LogP contribution in [0.15, 0.2) is 18.2 Å². The highest BCUT2D eigenvalue weighted by Gasteiger charge is 2.59. The predicted octanol–water partition coefficient (Wildman–Crippen LogP) is 4.07. The maximum Gasteiger partial charge on any atom is 0.123 e. The van der Waals surface area contributed by atoms with Gasteiger partial charge in [0.15, 0.2) is 0 Å². The first-order valence-electron chi connectivity index (χ1n) is 6.38. The summed E-state index contributed by atoms with van der Waals surface area (Å²) in [6.45, 7) is 0. The molecule has 0 unspecified atom stereocenters. The Bertz CT molecular complexity index is 520. The van der Waals surface area contributed by atoms with Gasteiger partial charge in [0.05, 0.1) is 18.6 Å². The Balaban J connectivity index is 1.98. The van der Waals surface area contributed by atoms with E-state index in [4.69, 9.17) is 16.3 Å². The van der Waals surface area contributed by atoms with Crippen molar-refractivity contribution in [1.82, 2.24) is 0 Å². The Morgan fingerprint density at radius 2 is 2.06 bits per heavy atom. The Hall–Kier alpha value is -1.20. The topological polar surface area (TPSA) is 33.0 Å². The number of nitrogens with zero attached hydrogens (tertiary/aromatic N) is 1. The first-order chi connectivity index (χ1) is 8.63. The summed E-state index contributed by atoms with van der Waals surface area (Å²) in [4.78, 5) is 0. The van der Waals surface area contributed by atoms with Crippen LogP contribution in [0.5, 0.6) is 5.75 Å². The number of ether oxygens (including phenoxy) is 1. The summed E-state index contributed by atoms with van der Waals surface area (Å²) in [6, 6.07) is 8.09. The van der Waals surface area contributed by atoms with Gasteiger partial charge < -0.3 is 4.74 Å². The van der Waals surface area contributed by atoms with E-state index in [1.54, 1.807) is 7.11 Å². The molecule has 2 aliphatic carbocycles. The molecule has 1 aromatic rings. The zero-order chi connectivity index (χ0) is 12.8. The van der Waals surface area contributed by atoms with Crippen molar-refractivity contribution in [1.29, 1.82) is 5.26 Å². The number of hydrogen-bond donors (Lipinski definition) is 0. The summed E-state index contributed by atoms with van der Waals surface area (Å²) in [7, 11) is 1.65. The van der Waals surface area contributed by atoms with Gasteiger partial charge in [-0.15, -0.1) is 0 Å². The largest absolute Gasteiger partial charge is 0.496 e. The van der Waals surface area contributed by atoms with E-state index >= 15 is 0 Å². The van der Waals surface area contributed by atoms with Crippen LogP contribution < -0.4 is 4.74 Å². The molecule has 3 heteroatoms. The minimum atomic E-state index is -0.378. The molecule has 3 rings (SSSR count). The molecule has 2 aliphatic rings. The van der Waals surface area contributed by atoms with Gasteiger partial charge in [0.2, 0.25) is 0 Å². The zero-order valence-electron chi connectivity index (χ0n) is 10.5. The van der Waals surface area contributed by atoms with Crippen molar-refractivity contribution < 1.29 is 4.74 Å². The quantitative estimate of drug-likeness (QED) is 0.804. The van der Waals surface area contributed by atoms with Gasteiger partial charge in [0.25, 0.3) is 0 Å². The number of rotatable bonds is 2. The minimum Gasteiger partial charge on any atom is -0.496 e. The lowest BCUT2D eigenvalue weighted by molar-refractivity contribution is -0.0234. The van der Waals surface area contributed by atoms with E-state index in [0.29, 0.717) is 10.4 Å². The second-order valence-corrected chi connectivity index (χ2v) is 6.18. The molecule has 18 heavy (non-hydrogen) atoms. The number of halogens is 1. The molecule has 0 heterocycles. The molecule has 2 fully saturated rings. The first-order valence-corrected chi connectivity index (χ1v) is 6.76. The van der Waals surface area contributed by atoms with Crippen molar-refractivity contribution in [2.75, 3.05) is 7.11 Å². The van der Waals surface area contributed by atoms with Crippen molar-refractivity contribution in [3.63, 3.8) is 0 Å². The van der Waals surface area contributed by atoms with E-state index in [9.17, 15) is 5.26 Å². The van der Waals surface area contributed by atoms with Crippen LogP contribution in [0.3, 0.4) is 0 Å². The maximum absolute atomic E-state index is 9.60. The van der Waals surface area contributed by atoms with Crippen LogP contribution in [0.4, 0.5) is 0 Å². The summed E-state index contributed by atoms with van der Waals surface area (Å²) >= 11 is 6.07. The van der Waals surface area contributed by atoms with Crippen LogP contribution in [-0.4, -0.2) is 7.11 Å². The molecule has 0 aliphatic heterocycles. The van der Waals surface area contributed by atoms with Gasteiger partial charge in [-0.25, -0.2) is 0 Å². The number of nitriles is 1. The standard InChI is InChI=1S/C15H16ClNO/c1-18-13-4-3-11(16)7-12(13)15(10-17)8-14(9-15)5-2-6-14/h3-4,7H,2,5-6,8-9H2,1H3. The van der Waals surface area contributed by atoms with Gasteiger partial charge in [0.1, 0.15) is 5.75 Å². The lowest BCUT2D eigenvalue weighted by Crippen LogP contribution is -2.52. The van der Waals surface area contributed by atoms with Gasteiger partial charge in [-0.2, -0.15) is 5.26 Å². The zero-order valence-corrected chi connectivity index (χ0v) is 11.3. The number of benzene rings is 1. The van der Waals surface area contributed by atoms with Crippen LogP contribution in [0.25, 0.3) is 0 Å². The highest BCUT2D eigenvalue weighted by molar-refractivity contribution is 6.30. The van der Waals surface area contributed by atoms with Crippen molar-refractivity contribution in [3.8, 4) is 11.8 Å². The fourth-order valence-electron chi connectivity index (χ4n) is 3.64. The summed E-state index contributed by atoms with van der Waals surface area (Å²) in [5.74, 6) is 0.787. The summed E-state index contributed by atoms with van der Waals surface area (Å²) in [5.41, 5.74) is 1.04. The van der Waals surface area contributed by atoms with Gasteiger partial charge >= 0.3 is 0 Å². The van der Waals surface area contributed by atoms with Crippen LogP contribution in [0.1, 0.15) is 37.7 Å². The molecule has 1 spiro atoms. The lowest BCUT2D eigenvalue weighted by Gasteiger charge is -2.58. The van der Waals surface area contributed by atoms with Crippen LogP contribution in [0.2, 0.25) is 5.02 Å². The fourth-order valence-corrected chi connectivity index (χ4v) is 3.81. The van der Waals surface area contributed by atoms with Gasteiger partial charge in [-0.05, 0) is 49.3 Å². The minimum absolute atomic E-state index is 0.378. The third-order valence-corrected chi connectivity index (χ3v) is 4.89. The Kier molecular flexibility index (Phi) is 2.57. The molecular weight excluding hydrogens is 246 g/mol. The van der Waals surface area contributed by atoms with E-state index in [2.05, 4.69) is 6.07 Å². The molecule has 0 saturated heterocycles. The Labute approximate surface area is 113 Å². The normalized spacial score (nSPS) is 22.7. The summed E-state index contributed by atoms with van der Waals surface area (Å²) in [5, 5.41) is 10.3. The van der Waals surface area contributed by atoms with Crippen LogP contribution in [-0.2, 0) is 5.41 Å².